The molecule has 0 aliphatic carbocycles. The lowest BCUT2D eigenvalue weighted by Gasteiger charge is -2.36. The SMILES string of the molecule is Cc1cnc(C)c(N2CCN(CCN(C)Cc3ccccc3)CC2)n1. The summed E-state index contributed by atoms with van der Waals surface area (Å²) in [6.45, 7) is 11.5. The van der Waals surface area contributed by atoms with Gasteiger partial charge in [0.1, 0.15) is 5.82 Å². The topological polar surface area (TPSA) is 35.5 Å². The Morgan fingerprint density at radius 3 is 2.48 bits per heavy atom. The van der Waals surface area contributed by atoms with Crippen molar-refractivity contribution in [2.45, 2.75) is 20.4 Å². The third-order valence-electron chi connectivity index (χ3n) is 4.82. The second-order valence-corrected chi connectivity index (χ2v) is 6.97. The number of nitrogens with zero attached hydrogens (tertiary/aromatic N) is 5. The van der Waals surface area contributed by atoms with Gasteiger partial charge >= 0.3 is 0 Å². The average molecular weight is 339 g/mol. The lowest BCUT2D eigenvalue weighted by atomic mass is 10.2. The molecule has 2 aromatic rings. The van der Waals surface area contributed by atoms with Gasteiger partial charge in [0.05, 0.1) is 11.4 Å². The highest BCUT2D eigenvalue weighted by Gasteiger charge is 2.20. The van der Waals surface area contributed by atoms with Crippen LogP contribution in [0.5, 0.6) is 0 Å². The molecule has 0 N–H and O–H groups in total. The molecule has 1 fully saturated rings. The summed E-state index contributed by atoms with van der Waals surface area (Å²) in [5.74, 6) is 1.06. The lowest BCUT2D eigenvalue weighted by molar-refractivity contribution is 0.212. The van der Waals surface area contributed by atoms with Crippen LogP contribution in [-0.2, 0) is 6.54 Å². The maximum absolute atomic E-state index is 4.68. The minimum absolute atomic E-state index is 0.991. The number of rotatable bonds is 6. The molecule has 2 heterocycles. The van der Waals surface area contributed by atoms with Crippen LogP contribution in [0.3, 0.4) is 0 Å². The molecule has 1 aliphatic rings. The van der Waals surface area contributed by atoms with Crippen molar-refractivity contribution in [3.05, 3.63) is 53.5 Å². The second kappa shape index (κ2) is 8.41. The molecule has 1 aromatic carbocycles. The summed E-state index contributed by atoms with van der Waals surface area (Å²) in [5, 5.41) is 0. The van der Waals surface area contributed by atoms with Gasteiger partial charge in [0.15, 0.2) is 0 Å². The van der Waals surface area contributed by atoms with Gasteiger partial charge in [-0.25, -0.2) is 4.98 Å². The van der Waals surface area contributed by atoms with Gasteiger partial charge in [0, 0.05) is 52.0 Å². The Morgan fingerprint density at radius 2 is 1.76 bits per heavy atom. The fraction of sp³-hybridized carbons (Fsp3) is 0.500. The first kappa shape index (κ1) is 17.8. The van der Waals surface area contributed by atoms with E-state index in [2.05, 4.69) is 62.0 Å². The Balaban J connectivity index is 1.44. The van der Waals surface area contributed by atoms with E-state index < -0.39 is 0 Å². The van der Waals surface area contributed by atoms with Crippen LogP contribution in [-0.4, -0.2) is 66.1 Å². The Bertz CT molecular complexity index is 665. The molecular weight excluding hydrogens is 310 g/mol. The molecular formula is C20H29N5. The van der Waals surface area contributed by atoms with Gasteiger partial charge in [-0.3, -0.25) is 9.88 Å². The summed E-state index contributed by atoms with van der Waals surface area (Å²) in [5.41, 5.74) is 3.40. The van der Waals surface area contributed by atoms with E-state index in [0.29, 0.717) is 0 Å². The number of benzene rings is 1. The Kier molecular flexibility index (Phi) is 6.00. The molecule has 0 unspecified atom stereocenters. The summed E-state index contributed by atoms with van der Waals surface area (Å²) in [4.78, 5) is 16.5. The van der Waals surface area contributed by atoms with Crippen LogP contribution in [0.1, 0.15) is 17.0 Å². The summed E-state index contributed by atoms with van der Waals surface area (Å²) in [6, 6.07) is 10.7. The highest BCUT2D eigenvalue weighted by atomic mass is 15.3. The summed E-state index contributed by atoms with van der Waals surface area (Å²) < 4.78 is 0. The van der Waals surface area contributed by atoms with Crippen LogP contribution in [0.15, 0.2) is 36.5 Å². The zero-order valence-electron chi connectivity index (χ0n) is 15.6. The van der Waals surface area contributed by atoms with Gasteiger partial charge in [-0.1, -0.05) is 30.3 Å². The van der Waals surface area contributed by atoms with Crippen LogP contribution in [0.4, 0.5) is 5.82 Å². The van der Waals surface area contributed by atoms with Gasteiger partial charge in [-0.05, 0) is 26.5 Å². The first-order chi connectivity index (χ1) is 12.1. The molecule has 1 aliphatic heterocycles. The highest BCUT2D eigenvalue weighted by Crippen LogP contribution is 2.17. The molecule has 0 amide bonds. The van der Waals surface area contributed by atoms with Crippen LogP contribution in [0, 0.1) is 13.8 Å². The number of likely N-dealkylation sites (N-methyl/N-ethyl adjacent to an activating group) is 1. The third kappa shape index (κ3) is 5.00. The average Bonchev–Trinajstić information content (AvgIpc) is 2.63. The minimum Gasteiger partial charge on any atom is -0.353 e. The minimum atomic E-state index is 0.991. The number of hydrogen-bond donors (Lipinski definition) is 0. The van der Waals surface area contributed by atoms with Gasteiger partial charge in [-0.2, -0.15) is 0 Å². The smallest absolute Gasteiger partial charge is 0.150 e. The summed E-state index contributed by atoms with van der Waals surface area (Å²) in [7, 11) is 2.20. The molecule has 134 valence electrons. The predicted molar refractivity (Wildman–Crippen MR) is 103 cm³/mol. The van der Waals surface area contributed by atoms with Crippen LogP contribution < -0.4 is 4.90 Å². The number of aromatic nitrogens is 2. The van der Waals surface area contributed by atoms with Crippen molar-refractivity contribution in [2.24, 2.45) is 0 Å². The maximum Gasteiger partial charge on any atom is 0.150 e. The number of hydrogen-bond acceptors (Lipinski definition) is 5. The van der Waals surface area contributed by atoms with E-state index in [1.54, 1.807) is 0 Å². The first-order valence-electron chi connectivity index (χ1n) is 9.12. The fourth-order valence-electron chi connectivity index (χ4n) is 3.29. The zero-order chi connectivity index (χ0) is 17.6. The van der Waals surface area contributed by atoms with Gasteiger partial charge in [0.25, 0.3) is 0 Å². The summed E-state index contributed by atoms with van der Waals surface area (Å²) >= 11 is 0. The van der Waals surface area contributed by atoms with Crippen LogP contribution in [0.25, 0.3) is 0 Å². The molecule has 5 heteroatoms. The van der Waals surface area contributed by atoms with E-state index in [0.717, 1.165) is 63.0 Å². The molecule has 3 rings (SSSR count). The largest absolute Gasteiger partial charge is 0.353 e. The molecule has 5 nitrogen and oxygen atoms in total. The van der Waals surface area contributed by atoms with Crippen molar-refractivity contribution < 1.29 is 0 Å². The first-order valence-corrected chi connectivity index (χ1v) is 9.12. The van der Waals surface area contributed by atoms with Crippen molar-refractivity contribution in [1.82, 2.24) is 19.8 Å². The Labute approximate surface area is 151 Å². The van der Waals surface area contributed by atoms with Crippen LogP contribution >= 0.6 is 0 Å². The lowest BCUT2D eigenvalue weighted by Crippen LogP contribution is -2.48. The number of anilines is 1. The van der Waals surface area contributed by atoms with E-state index in [1.165, 1.54) is 5.56 Å². The molecule has 0 saturated carbocycles. The number of aryl methyl sites for hydroxylation is 2. The zero-order valence-corrected chi connectivity index (χ0v) is 15.6. The van der Waals surface area contributed by atoms with Gasteiger partial charge in [-0.15, -0.1) is 0 Å². The standard InChI is InChI=1S/C20H29N5/c1-17-15-21-18(2)20(22-17)25-13-11-24(12-14-25)10-9-23(3)16-19-7-5-4-6-8-19/h4-8,15H,9-14,16H2,1-3H3. The van der Waals surface area contributed by atoms with Crippen molar-refractivity contribution in [2.75, 3.05) is 51.2 Å². The Hall–Kier alpha value is -1.98. The summed E-state index contributed by atoms with van der Waals surface area (Å²) in [6.07, 6.45) is 1.84. The highest BCUT2D eigenvalue weighted by molar-refractivity contribution is 5.43. The molecule has 0 radical (unpaired) electrons. The molecule has 1 aromatic heterocycles. The van der Waals surface area contributed by atoms with Crippen LogP contribution in [0.2, 0.25) is 0 Å². The fourth-order valence-corrected chi connectivity index (χ4v) is 3.29. The molecule has 0 spiro atoms. The van der Waals surface area contributed by atoms with E-state index in [1.807, 2.05) is 20.0 Å². The molecule has 25 heavy (non-hydrogen) atoms. The van der Waals surface area contributed by atoms with Gasteiger partial charge < -0.3 is 9.80 Å². The second-order valence-electron chi connectivity index (χ2n) is 6.97. The number of piperazine rings is 1. The van der Waals surface area contributed by atoms with E-state index in [9.17, 15) is 0 Å². The quantitative estimate of drug-likeness (QED) is 0.807. The van der Waals surface area contributed by atoms with Crippen molar-refractivity contribution in [1.29, 1.82) is 0 Å². The maximum atomic E-state index is 4.68. The molecule has 0 bridgehead atoms. The predicted octanol–water partition coefficient (Wildman–Crippen LogP) is 2.35. The third-order valence-corrected chi connectivity index (χ3v) is 4.82. The van der Waals surface area contributed by atoms with E-state index in [-0.39, 0.29) is 0 Å². The van der Waals surface area contributed by atoms with Crippen molar-refractivity contribution in [3.8, 4) is 0 Å². The van der Waals surface area contributed by atoms with Crippen molar-refractivity contribution in [3.63, 3.8) is 0 Å². The Morgan fingerprint density at radius 1 is 1.04 bits per heavy atom. The van der Waals surface area contributed by atoms with E-state index in [4.69, 9.17) is 0 Å². The monoisotopic (exact) mass is 339 g/mol. The molecule has 0 atom stereocenters. The van der Waals surface area contributed by atoms with Crippen molar-refractivity contribution >= 4 is 5.82 Å². The normalized spacial score (nSPS) is 15.8. The van der Waals surface area contributed by atoms with Gasteiger partial charge in [0.2, 0.25) is 0 Å². The van der Waals surface area contributed by atoms with E-state index >= 15 is 0 Å². The molecule has 1 saturated heterocycles.